The molecule has 3 aliphatic heterocycles. The quantitative estimate of drug-likeness (QED) is 0.454. The van der Waals surface area contributed by atoms with Gasteiger partial charge in [0, 0.05) is 49.0 Å². The average Bonchev–Trinajstić information content (AvgIpc) is 3.27. The molecular weight excluding hydrogens is 522 g/mol. The third-order valence-corrected chi connectivity index (χ3v) is 8.83. The van der Waals surface area contributed by atoms with Crippen molar-refractivity contribution in [3.63, 3.8) is 0 Å². The summed E-state index contributed by atoms with van der Waals surface area (Å²) in [6.07, 6.45) is 7.59. The first kappa shape index (κ1) is 26.6. The first-order valence-electron chi connectivity index (χ1n) is 13.9. The van der Waals surface area contributed by atoms with Crippen molar-refractivity contribution in [2.45, 2.75) is 62.7 Å². The highest BCUT2D eigenvalue weighted by Gasteiger charge is 2.35. The number of methoxy groups -OCH3 is 1. The number of likely N-dealkylation sites (N-methyl/N-ethyl adjacent to an activating group) is 1. The van der Waals surface area contributed by atoms with Crippen LogP contribution in [0.25, 0.3) is 22.2 Å². The molecule has 1 N–H and O–H groups in total. The fourth-order valence-electron chi connectivity index (χ4n) is 6.27. The summed E-state index contributed by atoms with van der Waals surface area (Å²) in [4.78, 5) is 17.7. The summed E-state index contributed by atoms with van der Waals surface area (Å²) >= 11 is 6.46. The lowest BCUT2D eigenvalue weighted by atomic mass is 9.99. The first-order chi connectivity index (χ1) is 18.9. The number of nitrogens with zero attached hydrogens (tertiary/aromatic N) is 5. The topological polar surface area (TPSA) is 66.4 Å². The number of aromatic nitrogens is 3. The van der Waals surface area contributed by atoms with E-state index in [9.17, 15) is 4.39 Å². The van der Waals surface area contributed by atoms with E-state index >= 15 is 4.39 Å². The molecule has 4 aliphatic rings. The van der Waals surface area contributed by atoms with Crippen molar-refractivity contribution < 1.29 is 13.5 Å². The van der Waals surface area contributed by atoms with Crippen molar-refractivity contribution in [1.82, 2.24) is 25.2 Å². The van der Waals surface area contributed by atoms with Crippen molar-refractivity contribution in [1.29, 1.82) is 0 Å². The lowest BCUT2D eigenvalue weighted by Crippen LogP contribution is -2.34. The van der Waals surface area contributed by atoms with Crippen LogP contribution in [0.3, 0.4) is 0 Å². The first-order valence-corrected chi connectivity index (χ1v) is 14.3. The molecule has 3 aromatic rings. The van der Waals surface area contributed by atoms with Crippen LogP contribution in [-0.2, 0) is 0 Å². The standard InChI is InChI=1S/C22H23ClFN5O.C7H12FN/c1-29(13-8-9-25-10-13)21-15-11-26-19(18(24)20(15)27-22(28-21)30-2)14-4-3-5-16(23)17(14)12-6-7-12;8-6-4-7-2-1-3-9(7)5-6/h3-5,11-13,25H,6-10H2,1-2H3;6-7H,1-5H2. The number of pyridine rings is 1. The second-order valence-corrected chi connectivity index (χ2v) is 11.5. The van der Waals surface area contributed by atoms with Crippen LogP contribution in [0, 0.1) is 5.82 Å². The lowest BCUT2D eigenvalue weighted by Gasteiger charge is -2.26. The van der Waals surface area contributed by atoms with Crippen molar-refractivity contribution >= 4 is 28.3 Å². The number of ether oxygens (including phenoxy) is 1. The van der Waals surface area contributed by atoms with E-state index in [2.05, 4.69) is 30.1 Å². The van der Waals surface area contributed by atoms with Gasteiger partial charge >= 0.3 is 6.01 Å². The second kappa shape index (κ2) is 11.1. The molecule has 10 heteroatoms. The van der Waals surface area contributed by atoms with E-state index in [-0.39, 0.29) is 23.3 Å². The number of benzene rings is 1. The highest BCUT2D eigenvalue weighted by atomic mass is 35.5. The van der Waals surface area contributed by atoms with E-state index in [1.54, 1.807) is 6.20 Å². The maximum absolute atomic E-state index is 15.8. The van der Waals surface area contributed by atoms with Gasteiger partial charge in [-0.25, -0.2) is 8.78 Å². The van der Waals surface area contributed by atoms with Crippen LogP contribution < -0.4 is 15.0 Å². The fraction of sp³-hybridized carbons (Fsp3) is 0.552. The SMILES string of the molecule is COc1nc(N(C)C2CCNC2)c2cnc(-c3cccc(Cl)c3C3CC3)c(F)c2n1.FC1CC2CCCN2C1. The molecule has 5 heterocycles. The van der Waals surface area contributed by atoms with Gasteiger partial charge in [-0.1, -0.05) is 23.7 Å². The average molecular weight is 557 g/mol. The molecule has 4 fully saturated rings. The van der Waals surface area contributed by atoms with Gasteiger partial charge in [0.1, 0.15) is 23.2 Å². The zero-order valence-electron chi connectivity index (χ0n) is 22.5. The minimum Gasteiger partial charge on any atom is -0.467 e. The normalized spacial score (nSPS) is 24.5. The van der Waals surface area contributed by atoms with Crippen LogP contribution in [0.1, 0.15) is 50.0 Å². The third-order valence-electron chi connectivity index (χ3n) is 8.50. The van der Waals surface area contributed by atoms with Crippen molar-refractivity contribution in [3.05, 3.63) is 40.8 Å². The number of hydrogen-bond donors (Lipinski definition) is 1. The Morgan fingerprint density at radius 3 is 2.74 bits per heavy atom. The molecule has 7 rings (SSSR count). The van der Waals surface area contributed by atoms with Gasteiger partial charge in [-0.2, -0.15) is 9.97 Å². The smallest absolute Gasteiger partial charge is 0.318 e. The predicted molar refractivity (Wildman–Crippen MR) is 150 cm³/mol. The molecule has 2 aromatic heterocycles. The van der Waals surface area contributed by atoms with Gasteiger partial charge in [0.15, 0.2) is 5.82 Å². The number of anilines is 1. The van der Waals surface area contributed by atoms with Gasteiger partial charge in [-0.3, -0.25) is 9.88 Å². The Hall–Kier alpha value is -2.62. The summed E-state index contributed by atoms with van der Waals surface area (Å²) in [6, 6.07) is 6.59. The van der Waals surface area contributed by atoms with Crippen LogP contribution in [-0.4, -0.2) is 78.4 Å². The van der Waals surface area contributed by atoms with E-state index in [0.717, 1.165) is 56.4 Å². The summed E-state index contributed by atoms with van der Waals surface area (Å²) in [6.45, 7) is 3.66. The van der Waals surface area contributed by atoms with Gasteiger partial charge in [0.05, 0.1) is 12.5 Å². The summed E-state index contributed by atoms with van der Waals surface area (Å²) in [7, 11) is 3.46. The zero-order valence-corrected chi connectivity index (χ0v) is 23.2. The molecule has 1 saturated carbocycles. The summed E-state index contributed by atoms with van der Waals surface area (Å²) in [5, 5.41) is 4.58. The molecular formula is C29H35ClF2N6O. The molecule has 0 radical (unpaired) electrons. The molecule has 208 valence electrons. The number of nitrogens with one attached hydrogen (secondary N) is 1. The van der Waals surface area contributed by atoms with E-state index < -0.39 is 12.0 Å². The number of halogens is 3. The number of alkyl halides is 1. The molecule has 0 spiro atoms. The summed E-state index contributed by atoms with van der Waals surface area (Å²) < 4.78 is 33.7. The minimum absolute atomic E-state index is 0.139. The Labute approximate surface area is 232 Å². The van der Waals surface area contributed by atoms with Crippen molar-refractivity contribution in [2.24, 2.45) is 0 Å². The van der Waals surface area contributed by atoms with Crippen LogP contribution in [0.5, 0.6) is 6.01 Å². The van der Waals surface area contributed by atoms with Gasteiger partial charge in [0.25, 0.3) is 0 Å². The fourth-order valence-corrected chi connectivity index (χ4v) is 6.60. The molecule has 0 bridgehead atoms. The summed E-state index contributed by atoms with van der Waals surface area (Å²) in [5.41, 5.74) is 2.18. The van der Waals surface area contributed by atoms with Crippen LogP contribution in [0.15, 0.2) is 24.4 Å². The maximum Gasteiger partial charge on any atom is 0.318 e. The van der Waals surface area contributed by atoms with Crippen molar-refractivity contribution in [3.8, 4) is 17.3 Å². The van der Waals surface area contributed by atoms with Gasteiger partial charge in [-0.15, -0.1) is 0 Å². The monoisotopic (exact) mass is 556 g/mol. The predicted octanol–water partition coefficient (Wildman–Crippen LogP) is 5.36. The Balaban J connectivity index is 0.000000258. The van der Waals surface area contributed by atoms with Crippen molar-refractivity contribution in [2.75, 3.05) is 45.2 Å². The number of rotatable bonds is 5. The largest absolute Gasteiger partial charge is 0.467 e. The Bertz CT molecular complexity index is 1340. The number of fused-ring (bicyclic) bond motifs is 2. The molecule has 1 aromatic carbocycles. The van der Waals surface area contributed by atoms with Crippen LogP contribution >= 0.6 is 11.6 Å². The molecule has 0 amide bonds. The van der Waals surface area contributed by atoms with E-state index in [1.807, 2.05) is 25.2 Å². The minimum atomic E-state index is -0.518. The molecule has 1 aliphatic carbocycles. The van der Waals surface area contributed by atoms with E-state index in [4.69, 9.17) is 16.3 Å². The van der Waals surface area contributed by atoms with E-state index in [0.29, 0.717) is 34.7 Å². The van der Waals surface area contributed by atoms with Crippen LogP contribution in [0.4, 0.5) is 14.6 Å². The highest BCUT2D eigenvalue weighted by Crippen LogP contribution is 2.48. The van der Waals surface area contributed by atoms with E-state index in [1.165, 1.54) is 20.0 Å². The Morgan fingerprint density at radius 1 is 1.18 bits per heavy atom. The molecule has 7 nitrogen and oxygen atoms in total. The second-order valence-electron chi connectivity index (χ2n) is 11.1. The summed E-state index contributed by atoms with van der Waals surface area (Å²) in [5.74, 6) is 0.510. The molecule has 3 unspecified atom stereocenters. The Kier molecular flexibility index (Phi) is 7.57. The van der Waals surface area contributed by atoms with Gasteiger partial charge in [-0.05, 0) is 69.2 Å². The molecule has 3 atom stereocenters. The zero-order chi connectivity index (χ0) is 27.1. The van der Waals surface area contributed by atoms with Crippen LogP contribution in [0.2, 0.25) is 5.02 Å². The van der Waals surface area contributed by atoms with Gasteiger partial charge < -0.3 is 15.0 Å². The Morgan fingerprint density at radius 2 is 2.03 bits per heavy atom. The number of hydrogen-bond acceptors (Lipinski definition) is 7. The third kappa shape index (κ3) is 5.28. The maximum atomic E-state index is 15.8. The van der Waals surface area contributed by atoms with Gasteiger partial charge in [0.2, 0.25) is 0 Å². The molecule has 39 heavy (non-hydrogen) atoms. The highest BCUT2D eigenvalue weighted by molar-refractivity contribution is 6.31. The molecule has 3 saturated heterocycles. The lowest BCUT2D eigenvalue weighted by molar-refractivity contribution is 0.292.